The first-order chi connectivity index (χ1) is 12.0. The lowest BCUT2D eigenvalue weighted by atomic mass is 9.66. The second kappa shape index (κ2) is 7.27. The third-order valence-corrected chi connectivity index (χ3v) is 5.74. The molecule has 1 heterocycles. The normalized spacial score (nSPS) is 15.2. The highest BCUT2D eigenvalue weighted by Crippen LogP contribution is 2.44. The SMILES string of the molecule is COc1ccc(-c2csc(CNC(=O)CC3(C(=O)O)CCC3)c2)cc1. The van der Waals surface area contributed by atoms with E-state index in [0.29, 0.717) is 19.4 Å². The molecule has 1 aromatic heterocycles. The number of carbonyl (C=O) groups excluding carboxylic acids is 1. The highest BCUT2D eigenvalue weighted by molar-refractivity contribution is 7.10. The standard InChI is InChI=1S/C19H21NO4S/c1-24-15-5-3-13(4-6-15)14-9-16(25-12-14)11-20-17(21)10-19(18(22)23)7-2-8-19/h3-6,9,12H,2,7-8,10-11H2,1H3,(H,20,21)(H,22,23). The maximum Gasteiger partial charge on any atom is 0.310 e. The number of hydrogen-bond donors (Lipinski definition) is 2. The summed E-state index contributed by atoms with van der Waals surface area (Å²) in [5.74, 6) is -0.233. The van der Waals surface area contributed by atoms with E-state index in [4.69, 9.17) is 4.74 Å². The summed E-state index contributed by atoms with van der Waals surface area (Å²) in [5, 5.41) is 14.2. The van der Waals surface area contributed by atoms with Gasteiger partial charge in [-0.3, -0.25) is 9.59 Å². The molecule has 1 saturated carbocycles. The molecule has 0 saturated heterocycles. The molecule has 132 valence electrons. The zero-order chi connectivity index (χ0) is 17.9. The van der Waals surface area contributed by atoms with Crippen LogP contribution in [-0.2, 0) is 16.1 Å². The van der Waals surface area contributed by atoms with Crippen LogP contribution in [0.4, 0.5) is 0 Å². The van der Waals surface area contributed by atoms with Crippen LogP contribution in [0.5, 0.6) is 5.75 Å². The Hall–Kier alpha value is -2.34. The third kappa shape index (κ3) is 3.85. The van der Waals surface area contributed by atoms with E-state index >= 15 is 0 Å². The number of carboxylic acid groups (broad SMARTS) is 1. The zero-order valence-corrected chi connectivity index (χ0v) is 14.9. The molecular weight excluding hydrogens is 338 g/mol. The number of carboxylic acids is 1. The number of aliphatic carboxylic acids is 1. The first-order valence-corrected chi connectivity index (χ1v) is 9.12. The molecule has 3 rings (SSSR count). The Morgan fingerprint density at radius 2 is 1.96 bits per heavy atom. The molecule has 5 nitrogen and oxygen atoms in total. The molecule has 1 aliphatic carbocycles. The van der Waals surface area contributed by atoms with Crippen LogP contribution in [0.15, 0.2) is 35.7 Å². The van der Waals surface area contributed by atoms with Crippen molar-refractivity contribution in [1.29, 1.82) is 0 Å². The fraction of sp³-hybridized carbons (Fsp3) is 0.368. The highest BCUT2D eigenvalue weighted by atomic mass is 32.1. The minimum atomic E-state index is -0.855. The van der Waals surface area contributed by atoms with Crippen molar-refractivity contribution in [3.8, 4) is 16.9 Å². The zero-order valence-electron chi connectivity index (χ0n) is 14.1. The molecular formula is C19H21NO4S. The summed E-state index contributed by atoms with van der Waals surface area (Å²) in [6.45, 7) is 0.426. The maximum atomic E-state index is 12.1. The van der Waals surface area contributed by atoms with Crippen LogP contribution in [0.25, 0.3) is 11.1 Å². The van der Waals surface area contributed by atoms with E-state index < -0.39 is 11.4 Å². The molecule has 1 aromatic carbocycles. The lowest BCUT2D eigenvalue weighted by Crippen LogP contribution is -2.42. The minimum Gasteiger partial charge on any atom is -0.497 e. The highest BCUT2D eigenvalue weighted by Gasteiger charge is 2.45. The van der Waals surface area contributed by atoms with Gasteiger partial charge in [0.25, 0.3) is 0 Å². The molecule has 0 spiro atoms. The molecule has 2 aromatic rings. The molecule has 0 atom stereocenters. The molecule has 0 unspecified atom stereocenters. The predicted octanol–water partition coefficient (Wildman–Crippen LogP) is 3.68. The molecule has 0 radical (unpaired) electrons. The Morgan fingerprint density at radius 1 is 1.24 bits per heavy atom. The predicted molar refractivity (Wildman–Crippen MR) is 96.7 cm³/mol. The molecule has 1 amide bonds. The van der Waals surface area contributed by atoms with E-state index in [1.54, 1.807) is 18.4 Å². The average molecular weight is 359 g/mol. The van der Waals surface area contributed by atoms with E-state index in [9.17, 15) is 14.7 Å². The van der Waals surface area contributed by atoms with Gasteiger partial charge in [0, 0.05) is 11.3 Å². The summed E-state index contributed by atoms with van der Waals surface area (Å²) in [6, 6.07) is 9.87. The van der Waals surface area contributed by atoms with Crippen LogP contribution in [0, 0.1) is 5.41 Å². The second-order valence-corrected chi connectivity index (χ2v) is 7.42. The quantitative estimate of drug-likeness (QED) is 0.791. The first-order valence-electron chi connectivity index (χ1n) is 8.24. The summed E-state index contributed by atoms with van der Waals surface area (Å²) < 4.78 is 5.16. The third-order valence-electron chi connectivity index (χ3n) is 4.80. The van der Waals surface area contributed by atoms with Crippen LogP contribution in [-0.4, -0.2) is 24.1 Å². The van der Waals surface area contributed by atoms with E-state index in [-0.39, 0.29) is 12.3 Å². The number of carbonyl (C=O) groups is 2. The van der Waals surface area contributed by atoms with Gasteiger partial charge in [0.2, 0.25) is 5.91 Å². The van der Waals surface area contributed by atoms with Gasteiger partial charge in [-0.25, -0.2) is 0 Å². The van der Waals surface area contributed by atoms with Crippen LogP contribution in [0.3, 0.4) is 0 Å². The number of benzene rings is 1. The number of amides is 1. The number of thiophene rings is 1. The minimum absolute atomic E-state index is 0.0685. The van der Waals surface area contributed by atoms with Gasteiger partial charge < -0.3 is 15.2 Å². The van der Waals surface area contributed by atoms with Crippen LogP contribution >= 0.6 is 11.3 Å². The van der Waals surface area contributed by atoms with Crippen LogP contribution < -0.4 is 10.1 Å². The fourth-order valence-electron chi connectivity index (χ4n) is 3.03. The van der Waals surface area contributed by atoms with Crippen molar-refractivity contribution in [2.45, 2.75) is 32.2 Å². The van der Waals surface area contributed by atoms with Gasteiger partial charge in [-0.05, 0) is 47.5 Å². The van der Waals surface area contributed by atoms with Crippen molar-refractivity contribution in [3.05, 3.63) is 40.6 Å². The number of rotatable bonds is 7. The van der Waals surface area contributed by atoms with Gasteiger partial charge in [-0.2, -0.15) is 0 Å². The molecule has 6 heteroatoms. The van der Waals surface area contributed by atoms with Crippen molar-refractivity contribution in [2.75, 3.05) is 7.11 Å². The van der Waals surface area contributed by atoms with Crippen molar-refractivity contribution in [3.63, 3.8) is 0 Å². The van der Waals surface area contributed by atoms with Crippen molar-refractivity contribution >= 4 is 23.2 Å². The Labute approximate surface area is 150 Å². The smallest absolute Gasteiger partial charge is 0.310 e. The molecule has 25 heavy (non-hydrogen) atoms. The molecule has 0 bridgehead atoms. The average Bonchev–Trinajstić information content (AvgIpc) is 3.05. The number of hydrogen-bond acceptors (Lipinski definition) is 4. The second-order valence-electron chi connectivity index (χ2n) is 6.42. The van der Waals surface area contributed by atoms with Crippen molar-refractivity contribution in [2.24, 2.45) is 5.41 Å². The Bertz CT molecular complexity index is 762. The van der Waals surface area contributed by atoms with Gasteiger partial charge in [0.05, 0.1) is 19.1 Å². The molecule has 1 fully saturated rings. The fourth-order valence-corrected chi connectivity index (χ4v) is 3.87. The largest absolute Gasteiger partial charge is 0.497 e. The van der Waals surface area contributed by atoms with Gasteiger partial charge in [-0.15, -0.1) is 11.3 Å². The van der Waals surface area contributed by atoms with Gasteiger partial charge in [0.15, 0.2) is 0 Å². The number of methoxy groups -OCH3 is 1. The lowest BCUT2D eigenvalue weighted by Gasteiger charge is -2.36. The van der Waals surface area contributed by atoms with Gasteiger partial charge >= 0.3 is 5.97 Å². The topological polar surface area (TPSA) is 75.6 Å². The summed E-state index contributed by atoms with van der Waals surface area (Å²) in [7, 11) is 1.64. The summed E-state index contributed by atoms with van der Waals surface area (Å²) in [4.78, 5) is 24.5. The molecule has 2 N–H and O–H groups in total. The van der Waals surface area contributed by atoms with E-state index in [1.807, 2.05) is 35.7 Å². The van der Waals surface area contributed by atoms with E-state index in [0.717, 1.165) is 28.2 Å². The Balaban J connectivity index is 1.56. The summed E-state index contributed by atoms with van der Waals surface area (Å²) >= 11 is 1.58. The lowest BCUT2D eigenvalue weighted by molar-refractivity contribution is -0.157. The number of nitrogens with one attached hydrogen (secondary N) is 1. The van der Waals surface area contributed by atoms with Gasteiger partial charge in [0.1, 0.15) is 5.75 Å². The maximum absolute atomic E-state index is 12.1. The monoisotopic (exact) mass is 359 g/mol. The first kappa shape index (κ1) is 17.5. The van der Waals surface area contributed by atoms with Crippen LogP contribution in [0.1, 0.15) is 30.6 Å². The molecule has 1 aliphatic rings. The van der Waals surface area contributed by atoms with E-state index in [1.165, 1.54) is 0 Å². The van der Waals surface area contributed by atoms with Crippen molar-refractivity contribution in [1.82, 2.24) is 5.32 Å². The van der Waals surface area contributed by atoms with Crippen LogP contribution in [0.2, 0.25) is 0 Å². The number of ether oxygens (including phenoxy) is 1. The van der Waals surface area contributed by atoms with Gasteiger partial charge in [-0.1, -0.05) is 18.6 Å². The van der Waals surface area contributed by atoms with Crippen molar-refractivity contribution < 1.29 is 19.4 Å². The molecule has 0 aliphatic heterocycles. The summed E-state index contributed by atoms with van der Waals surface area (Å²) in [5.41, 5.74) is 1.35. The Morgan fingerprint density at radius 3 is 2.52 bits per heavy atom. The Kier molecular flexibility index (Phi) is 5.08. The summed E-state index contributed by atoms with van der Waals surface area (Å²) in [6.07, 6.45) is 2.14. The van der Waals surface area contributed by atoms with E-state index in [2.05, 4.69) is 5.32 Å².